The van der Waals surface area contributed by atoms with E-state index in [1.54, 1.807) is 0 Å². The van der Waals surface area contributed by atoms with Crippen LogP contribution in [0.3, 0.4) is 0 Å². The van der Waals surface area contributed by atoms with E-state index in [4.69, 9.17) is 0 Å². The van der Waals surface area contributed by atoms with Gasteiger partial charge in [-0.3, -0.25) is 4.68 Å². The zero-order valence-electron chi connectivity index (χ0n) is 9.08. The van der Waals surface area contributed by atoms with Crippen molar-refractivity contribution in [3.63, 3.8) is 0 Å². The highest BCUT2D eigenvalue weighted by molar-refractivity contribution is 4.98. The molecule has 0 amide bonds. The van der Waals surface area contributed by atoms with Crippen molar-refractivity contribution in [2.75, 3.05) is 19.6 Å². The van der Waals surface area contributed by atoms with Crippen molar-refractivity contribution in [2.45, 2.75) is 19.9 Å². The van der Waals surface area contributed by atoms with Crippen molar-refractivity contribution in [1.82, 2.24) is 20.4 Å². The Morgan fingerprint density at radius 2 is 2.14 bits per heavy atom. The predicted molar refractivity (Wildman–Crippen MR) is 58.1 cm³/mol. The summed E-state index contributed by atoms with van der Waals surface area (Å²) in [7, 11) is 1.97. The third-order valence-corrected chi connectivity index (χ3v) is 2.19. The van der Waals surface area contributed by atoms with Crippen LogP contribution in [-0.2, 0) is 13.6 Å². The Labute approximate surface area is 85.7 Å². The average molecular weight is 196 g/mol. The van der Waals surface area contributed by atoms with Gasteiger partial charge in [0.25, 0.3) is 0 Å². The van der Waals surface area contributed by atoms with Crippen molar-refractivity contribution in [2.24, 2.45) is 7.05 Å². The zero-order valence-corrected chi connectivity index (χ0v) is 9.08. The van der Waals surface area contributed by atoms with E-state index in [-0.39, 0.29) is 0 Å². The fraction of sp³-hybridized carbons (Fsp3) is 0.700. The third kappa shape index (κ3) is 3.89. The van der Waals surface area contributed by atoms with Crippen LogP contribution in [0.25, 0.3) is 0 Å². The minimum Gasteiger partial charge on any atom is -0.317 e. The molecular formula is C10H20N4. The number of aromatic nitrogens is 2. The highest BCUT2D eigenvalue weighted by Gasteiger charge is 1.96. The van der Waals surface area contributed by atoms with Crippen LogP contribution in [0.15, 0.2) is 12.3 Å². The Kier molecular flexibility index (Phi) is 5.25. The fourth-order valence-corrected chi connectivity index (χ4v) is 1.31. The molecule has 80 valence electrons. The molecule has 0 aromatic carbocycles. The molecule has 0 spiro atoms. The van der Waals surface area contributed by atoms with Gasteiger partial charge >= 0.3 is 0 Å². The third-order valence-electron chi connectivity index (χ3n) is 2.19. The first-order valence-corrected chi connectivity index (χ1v) is 5.23. The highest BCUT2D eigenvalue weighted by atomic mass is 15.3. The molecule has 1 heterocycles. The first-order valence-electron chi connectivity index (χ1n) is 5.23. The van der Waals surface area contributed by atoms with E-state index in [0.29, 0.717) is 0 Å². The van der Waals surface area contributed by atoms with Crippen LogP contribution in [-0.4, -0.2) is 29.4 Å². The number of rotatable bonds is 7. The SMILES string of the molecule is CCNCCCNCc1ccnn1C. The van der Waals surface area contributed by atoms with Gasteiger partial charge in [0.2, 0.25) is 0 Å². The van der Waals surface area contributed by atoms with Gasteiger partial charge in [0, 0.05) is 19.8 Å². The number of nitrogens with one attached hydrogen (secondary N) is 2. The van der Waals surface area contributed by atoms with E-state index in [0.717, 1.165) is 26.2 Å². The molecule has 0 aliphatic heterocycles. The lowest BCUT2D eigenvalue weighted by atomic mass is 10.4. The van der Waals surface area contributed by atoms with Crippen molar-refractivity contribution in [1.29, 1.82) is 0 Å². The summed E-state index contributed by atoms with van der Waals surface area (Å²) in [5, 5.41) is 10.8. The van der Waals surface area contributed by atoms with Gasteiger partial charge < -0.3 is 10.6 Å². The molecule has 0 saturated carbocycles. The van der Waals surface area contributed by atoms with Crippen LogP contribution in [0.2, 0.25) is 0 Å². The Morgan fingerprint density at radius 3 is 2.79 bits per heavy atom. The van der Waals surface area contributed by atoms with E-state index < -0.39 is 0 Å². The topological polar surface area (TPSA) is 41.9 Å². The van der Waals surface area contributed by atoms with Gasteiger partial charge in [-0.05, 0) is 32.1 Å². The lowest BCUT2D eigenvalue weighted by Crippen LogP contribution is -2.22. The Hall–Kier alpha value is -0.870. The quantitative estimate of drug-likeness (QED) is 0.624. The number of hydrogen-bond donors (Lipinski definition) is 2. The van der Waals surface area contributed by atoms with Crippen LogP contribution in [0.1, 0.15) is 19.0 Å². The van der Waals surface area contributed by atoms with Crippen molar-refractivity contribution < 1.29 is 0 Å². The number of aryl methyl sites for hydroxylation is 1. The molecule has 2 N–H and O–H groups in total. The molecule has 1 rings (SSSR count). The summed E-state index contributed by atoms with van der Waals surface area (Å²) in [5.74, 6) is 0. The standard InChI is InChI=1S/C10H20N4/c1-3-11-6-4-7-12-9-10-5-8-13-14(10)2/h5,8,11-12H,3-4,6-7,9H2,1-2H3. The summed E-state index contributed by atoms with van der Waals surface area (Å²) in [5.41, 5.74) is 1.23. The molecule has 0 fully saturated rings. The van der Waals surface area contributed by atoms with Crippen LogP contribution < -0.4 is 10.6 Å². The van der Waals surface area contributed by atoms with Crippen LogP contribution in [0.4, 0.5) is 0 Å². The smallest absolute Gasteiger partial charge is 0.0518 e. The Balaban J connectivity index is 2.02. The monoisotopic (exact) mass is 196 g/mol. The van der Waals surface area contributed by atoms with Gasteiger partial charge in [-0.1, -0.05) is 6.92 Å². The van der Waals surface area contributed by atoms with Gasteiger partial charge in [0.05, 0.1) is 5.69 Å². The molecule has 1 aromatic rings. The second-order valence-electron chi connectivity index (χ2n) is 3.33. The second kappa shape index (κ2) is 6.56. The lowest BCUT2D eigenvalue weighted by molar-refractivity contribution is 0.584. The number of hydrogen-bond acceptors (Lipinski definition) is 3. The molecule has 0 radical (unpaired) electrons. The maximum absolute atomic E-state index is 4.11. The maximum atomic E-state index is 4.11. The molecule has 0 unspecified atom stereocenters. The van der Waals surface area contributed by atoms with E-state index in [9.17, 15) is 0 Å². The van der Waals surface area contributed by atoms with Crippen molar-refractivity contribution >= 4 is 0 Å². The van der Waals surface area contributed by atoms with Gasteiger partial charge in [-0.15, -0.1) is 0 Å². The minimum absolute atomic E-state index is 0.905. The first kappa shape index (κ1) is 11.2. The molecule has 4 nitrogen and oxygen atoms in total. The fourth-order valence-electron chi connectivity index (χ4n) is 1.31. The molecular weight excluding hydrogens is 176 g/mol. The van der Waals surface area contributed by atoms with E-state index >= 15 is 0 Å². The molecule has 1 aromatic heterocycles. The van der Waals surface area contributed by atoms with Crippen LogP contribution >= 0.6 is 0 Å². The summed E-state index contributed by atoms with van der Waals surface area (Å²) in [6.07, 6.45) is 3.00. The zero-order chi connectivity index (χ0) is 10.2. The van der Waals surface area contributed by atoms with Gasteiger partial charge in [0.15, 0.2) is 0 Å². The summed E-state index contributed by atoms with van der Waals surface area (Å²) < 4.78 is 1.90. The average Bonchev–Trinajstić information content (AvgIpc) is 2.58. The van der Waals surface area contributed by atoms with Crippen molar-refractivity contribution in [3.8, 4) is 0 Å². The molecule has 0 saturated heterocycles. The highest BCUT2D eigenvalue weighted by Crippen LogP contribution is 1.94. The molecule has 0 atom stereocenters. The maximum Gasteiger partial charge on any atom is 0.0518 e. The summed E-state index contributed by atoms with van der Waals surface area (Å²) in [4.78, 5) is 0. The predicted octanol–water partition coefficient (Wildman–Crippen LogP) is 0.509. The van der Waals surface area contributed by atoms with Gasteiger partial charge in [-0.2, -0.15) is 5.10 Å². The largest absolute Gasteiger partial charge is 0.317 e. The summed E-state index contributed by atoms with van der Waals surface area (Å²) in [6.45, 7) is 6.24. The summed E-state index contributed by atoms with van der Waals surface area (Å²) in [6, 6.07) is 2.04. The molecule has 14 heavy (non-hydrogen) atoms. The second-order valence-corrected chi connectivity index (χ2v) is 3.33. The van der Waals surface area contributed by atoms with Crippen molar-refractivity contribution in [3.05, 3.63) is 18.0 Å². The number of nitrogens with zero attached hydrogens (tertiary/aromatic N) is 2. The van der Waals surface area contributed by atoms with E-state index in [1.807, 2.05) is 24.0 Å². The Morgan fingerprint density at radius 1 is 1.36 bits per heavy atom. The van der Waals surface area contributed by atoms with Gasteiger partial charge in [-0.25, -0.2) is 0 Å². The molecule has 0 aliphatic carbocycles. The van der Waals surface area contributed by atoms with E-state index in [2.05, 4.69) is 22.7 Å². The molecule has 4 heteroatoms. The normalized spacial score (nSPS) is 10.7. The molecule has 0 aliphatic rings. The lowest BCUT2D eigenvalue weighted by Gasteiger charge is -2.05. The minimum atomic E-state index is 0.905. The van der Waals surface area contributed by atoms with E-state index in [1.165, 1.54) is 12.1 Å². The Bertz CT molecular complexity index is 244. The first-order chi connectivity index (χ1) is 6.84. The van der Waals surface area contributed by atoms with Crippen LogP contribution in [0.5, 0.6) is 0 Å². The van der Waals surface area contributed by atoms with Gasteiger partial charge in [0.1, 0.15) is 0 Å². The molecule has 0 bridgehead atoms. The van der Waals surface area contributed by atoms with Crippen LogP contribution in [0, 0.1) is 0 Å². The summed E-state index contributed by atoms with van der Waals surface area (Å²) >= 11 is 0.